The van der Waals surface area contributed by atoms with Crippen molar-refractivity contribution in [2.24, 2.45) is 17.2 Å². The summed E-state index contributed by atoms with van der Waals surface area (Å²) in [6, 6.07) is 20.5. The maximum atomic E-state index is 9.10. The Balaban J connectivity index is 1.79. The van der Waals surface area contributed by atoms with Crippen LogP contribution in [0.25, 0.3) is 54.6 Å². The van der Waals surface area contributed by atoms with E-state index in [-0.39, 0.29) is 30.3 Å². The first kappa shape index (κ1) is 51.2. The van der Waals surface area contributed by atoms with Gasteiger partial charge in [0, 0.05) is 12.4 Å². The zero-order valence-corrected chi connectivity index (χ0v) is 39.0. The molecule has 10 nitrogen and oxygen atoms in total. The van der Waals surface area contributed by atoms with Crippen LogP contribution in [0.1, 0.15) is 54.4 Å². The van der Waals surface area contributed by atoms with Crippen LogP contribution >= 0.6 is 0 Å². The minimum absolute atomic E-state index is 0.0888. The second-order valence-electron chi connectivity index (χ2n) is 16.0. The zero-order valence-electron chi connectivity index (χ0n) is 39.0. The van der Waals surface area contributed by atoms with Crippen molar-refractivity contribution in [3.05, 3.63) is 229 Å². The van der Waals surface area contributed by atoms with Crippen molar-refractivity contribution >= 4 is 66.0 Å². The van der Waals surface area contributed by atoms with Gasteiger partial charge in [0.25, 0.3) is 0 Å². The van der Waals surface area contributed by atoms with Crippen LogP contribution in [0, 0.1) is 56.1 Å². The predicted octanol–water partition coefficient (Wildman–Crippen LogP) is 12.6. The van der Waals surface area contributed by atoms with E-state index in [2.05, 4.69) is 92.3 Å². The maximum absolute atomic E-state index is 9.10. The molecule has 0 amide bonds. The average molecular weight is 915 g/mol. The van der Waals surface area contributed by atoms with E-state index in [1.165, 1.54) is 24.6 Å². The first-order valence-corrected chi connectivity index (χ1v) is 22.3. The van der Waals surface area contributed by atoms with E-state index in [1.807, 2.05) is 54.8 Å². The fourth-order valence-electron chi connectivity index (χ4n) is 7.86. The molecule has 70 heavy (non-hydrogen) atoms. The van der Waals surface area contributed by atoms with Crippen molar-refractivity contribution in [3.63, 3.8) is 0 Å². The third-order valence-corrected chi connectivity index (χ3v) is 11.4. The van der Waals surface area contributed by atoms with E-state index in [4.69, 9.17) is 49.1 Å². The summed E-state index contributed by atoms with van der Waals surface area (Å²) >= 11 is 0. The number of rotatable bonds is 22. The Hall–Kier alpha value is -9.74. The molecular formula is C60H54N10. The van der Waals surface area contributed by atoms with Crippen molar-refractivity contribution in [3.8, 4) is 24.3 Å². The molecule has 10 heteroatoms. The third kappa shape index (κ3) is 12.6. The Morgan fingerprint density at radius 2 is 1.21 bits per heavy atom. The third-order valence-electron chi connectivity index (χ3n) is 11.4. The number of dihydropyridines is 1. The number of hydrogen-bond donors (Lipinski definition) is 6. The van der Waals surface area contributed by atoms with E-state index >= 15 is 0 Å². The number of benzene rings is 4. The molecular weight excluding hydrogens is 861 g/mol. The zero-order chi connectivity index (χ0) is 50.6. The predicted molar refractivity (Wildman–Crippen MR) is 292 cm³/mol. The Bertz CT molecular complexity index is 3330. The molecule has 0 aliphatic carbocycles. The number of hydrogen-bond acceptors (Lipinski definition) is 10. The van der Waals surface area contributed by atoms with Crippen LogP contribution in [-0.2, 0) is 0 Å². The summed E-state index contributed by atoms with van der Waals surface area (Å²) in [7, 11) is 0. The van der Waals surface area contributed by atoms with Gasteiger partial charge in [-0.1, -0.05) is 141 Å². The summed E-state index contributed by atoms with van der Waals surface area (Å²) in [5.41, 5.74) is 27.7. The molecule has 0 radical (unpaired) electrons. The Morgan fingerprint density at radius 1 is 0.614 bits per heavy atom. The van der Waals surface area contributed by atoms with Gasteiger partial charge in [-0.3, -0.25) is 5.41 Å². The van der Waals surface area contributed by atoms with E-state index in [9.17, 15) is 0 Å². The van der Waals surface area contributed by atoms with Crippen LogP contribution in [0.3, 0.4) is 0 Å². The standard InChI is InChI=1S/C60H54N10/c1-40(13-5-8-30-61)14-11-15-41(2)53-33-55(45(36-65)19-12-17-44(35-64)16-6-9-31-62)51-26-24-50-54(42(3)21-28-57(69)43(4)20-23-48(68)38-67)34-56(52-27-25-49(53)59(51)60(50)52)47-22-29-58(70-39-47)46(37-66)18-7-10-32-63/h5-7,11-13,15-16,18-29,33-37,39,58,68-70H,1-4,8-10,14,17,64-66H2/b13-5-,15-11-,16-6-,18-7-,19-12-,23-20-,28-21-,44-35+,45-36+,46-37+,68-48?,69-57?. The topological polar surface area (TPSA) is 233 Å². The lowest BCUT2D eigenvalue weighted by Crippen LogP contribution is -2.26. The molecule has 4 aromatic carbocycles. The molecule has 1 unspecified atom stereocenters. The van der Waals surface area contributed by atoms with Gasteiger partial charge in [0.1, 0.15) is 11.8 Å². The summed E-state index contributed by atoms with van der Waals surface area (Å²) < 4.78 is 0. The minimum atomic E-state index is -0.248. The maximum Gasteiger partial charge on any atom is 0.132 e. The molecule has 1 atom stereocenters. The van der Waals surface area contributed by atoms with Crippen molar-refractivity contribution in [1.29, 1.82) is 31.9 Å². The van der Waals surface area contributed by atoms with Crippen molar-refractivity contribution in [2.45, 2.75) is 38.1 Å². The molecule has 0 fully saturated rings. The fourth-order valence-corrected chi connectivity index (χ4v) is 7.86. The molecule has 1 heterocycles. The van der Waals surface area contributed by atoms with Gasteiger partial charge in [-0.2, -0.15) is 21.0 Å². The summed E-state index contributed by atoms with van der Waals surface area (Å²) in [4.78, 5) is 0. The Labute approximate surface area is 410 Å². The molecule has 9 N–H and O–H groups in total. The highest BCUT2D eigenvalue weighted by atomic mass is 14.9. The molecule has 1 aliphatic heterocycles. The minimum Gasteiger partial charge on any atom is -0.404 e. The van der Waals surface area contributed by atoms with Crippen molar-refractivity contribution < 1.29 is 0 Å². The largest absolute Gasteiger partial charge is 0.404 e. The molecule has 0 spiro atoms. The molecule has 0 aromatic heterocycles. The first-order valence-electron chi connectivity index (χ1n) is 22.3. The average Bonchev–Trinajstić information content (AvgIpc) is 3.38. The van der Waals surface area contributed by atoms with E-state index in [1.54, 1.807) is 42.6 Å². The lowest BCUT2D eigenvalue weighted by Gasteiger charge is -2.24. The van der Waals surface area contributed by atoms with Crippen LogP contribution in [0.2, 0.25) is 0 Å². The Kier molecular flexibility index (Phi) is 18.5. The molecule has 1 aliphatic rings. The van der Waals surface area contributed by atoms with Crippen molar-refractivity contribution in [2.75, 3.05) is 0 Å². The molecule has 0 saturated heterocycles. The van der Waals surface area contributed by atoms with Crippen LogP contribution < -0.4 is 22.5 Å². The summed E-state index contributed by atoms with van der Waals surface area (Å²) in [6.45, 7) is 17.2. The SMILES string of the molecule is C=C(/C=C\CC#N)C/C=C\C(=C)c1cc(C(/C=C\CC(/C=C\CC#N)=C/N)=C/N)c2ccc3c(C(=C)/C=C\C(=N)C(=C)/C=C\C(=N)C#N)cc(C4=CNC(C(/C=C\CC#N)=C/N)C=C4)c4ccc1c2c34. The van der Waals surface area contributed by atoms with Gasteiger partial charge < -0.3 is 27.9 Å². The second kappa shape index (κ2) is 25.2. The smallest absolute Gasteiger partial charge is 0.132 e. The first-order chi connectivity index (χ1) is 33.9. The Morgan fingerprint density at radius 3 is 1.83 bits per heavy atom. The van der Waals surface area contributed by atoms with Gasteiger partial charge in [-0.05, 0) is 143 Å². The van der Waals surface area contributed by atoms with Gasteiger partial charge in [-0.15, -0.1) is 0 Å². The van der Waals surface area contributed by atoms with Crippen molar-refractivity contribution in [1.82, 2.24) is 5.32 Å². The highest BCUT2D eigenvalue weighted by Crippen LogP contribution is 2.46. The number of nitrogens with one attached hydrogen (secondary N) is 3. The van der Waals surface area contributed by atoms with Gasteiger partial charge in [-0.25, -0.2) is 0 Å². The lowest BCUT2D eigenvalue weighted by atomic mass is 9.81. The van der Waals surface area contributed by atoms with Gasteiger partial charge in [0.05, 0.1) is 49.2 Å². The number of nitriles is 4. The van der Waals surface area contributed by atoms with Crippen LogP contribution in [-0.4, -0.2) is 17.5 Å². The summed E-state index contributed by atoms with van der Waals surface area (Å²) in [6.07, 6.45) is 37.5. The summed E-state index contributed by atoms with van der Waals surface area (Å²) in [5, 5.41) is 61.8. The van der Waals surface area contributed by atoms with Crippen LogP contribution in [0.4, 0.5) is 0 Å². The second-order valence-corrected chi connectivity index (χ2v) is 16.0. The lowest BCUT2D eigenvalue weighted by molar-refractivity contribution is 0.801. The number of nitrogens with two attached hydrogens (primary N) is 3. The van der Waals surface area contributed by atoms with Crippen LogP contribution in [0.5, 0.6) is 0 Å². The molecule has 0 bridgehead atoms. The summed E-state index contributed by atoms with van der Waals surface area (Å²) in [5.74, 6) is 0. The normalized spacial score (nSPS) is 14.6. The highest BCUT2D eigenvalue weighted by Gasteiger charge is 2.22. The van der Waals surface area contributed by atoms with Gasteiger partial charge in [0.15, 0.2) is 0 Å². The van der Waals surface area contributed by atoms with Gasteiger partial charge >= 0.3 is 0 Å². The van der Waals surface area contributed by atoms with Gasteiger partial charge in [0.2, 0.25) is 0 Å². The van der Waals surface area contributed by atoms with Crippen LogP contribution in [0.15, 0.2) is 207 Å². The highest BCUT2D eigenvalue weighted by molar-refractivity contribution is 6.29. The van der Waals surface area contributed by atoms with E-state index in [0.717, 1.165) is 88.0 Å². The fraction of sp³-hybridized carbons (Fsp3) is 0.100. The molecule has 4 aromatic rings. The molecule has 5 rings (SSSR count). The van der Waals surface area contributed by atoms with E-state index < -0.39 is 0 Å². The monoisotopic (exact) mass is 914 g/mol. The molecule has 344 valence electrons. The molecule has 0 saturated carbocycles. The van der Waals surface area contributed by atoms with E-state index in [0.29, 0.717) is 30.4 Å². The number of allylic oxidation sites excluding steroid dienone is 21. The number of nitrogens with zero attached hydrogens (tertiary/aromatic N) is 4. The quantitative estimate of drug-likeness (QED) is 0.0251.